The Morgan fingerprint density at radius 3 is 2.65 bits per heavy atom. The van der Waals surface area contributed by atoms with Crippen molar-refractivity contribution in [3.63, 3.8) is 0 Å². The standard InChI is InChI=1S/C14H21NO2/c1-5-17-13-8-6-7-12(9-13)14(16)15-11(4)10(2)3/h6-11H,5H2,1-4H3,(H,15,16). The Kier molecular flexibility index (Phi) is 5.01. The molecule has 0 aliphatic heterocycles. The van der Waals surface area contributed by atoms with Gasteiger partial charge in [-0.3, -0.25) is 4.79 Å². The number of ether oxygens (including phenoxy) is 1. The third kappa shape index (κ3) is 4.10. The molecule has 0 aliphatic carbocycles. The van der Waals surface area contributed by atoms with Crippen molar-refractivity contribution < 1.29 is 9.53 Å². The molecular formula is C14H21NO2. The van der Waals surface area contributed by atoms with Crippen molar-refractivity contribution in [2.24, 2.45) is 5.92 Å². The van der Waals surface area contributed by atoms with E-state index in [1.54, 1.807) is 12.1 Å². The highest BCUT2D eigenvalue weighted by molar-refractivity contribution is 5.94. The lowest BCUT2D eigenvalue weighted by atomic mass is 10.1. The fourth-order valence-corrected chi connectivity index (χ4v) is 1.35. The summed E-state index contributed by atoms with van der Waals surface area (Å²) in [7, 11) is 0. The molecule has 0 spiro atoms. The van der Waals surface area contributed by atoms with Gasteiger partial charge in [-0.25, -0.2) is 0 Å². The molecule has 0 aromatic heterocycles. The van der Waals surface area contributed by atoms with Gasteiger partial charge in [-0.05, 0) is 38.0 Å². The lowest BCUT2D eigenvalue weighted by Gasteiger charge is -2.17. The quantitative estimate of drug-likeness (QED) is 0.852. The average Bonchev–Trinajstić information content (AvgIpc) is 2.29. The van der Waals surface area contributed by atoms with Crippen molar-refractivity contribution in [1.82, 2.24) is 5.32 Å². The zero-order valence-corrected chi connectivity index (χ0v) is 11.0. The van der Waals surface area contributed by atoms with Crippen LogP contribution in [0.3, 0.4) is 0 Å². The molecule has 1 rings (SSSR count). The van der Waals surface area contributed by atoms with Crippen LogP contribution in [0.25, 0.3) is 0 Å². The number of benzene rings is 1. The van der Waals surface area contributed by atoms with Crippen LogP contribution < -0.4 is 10.1 Å². The molecule has 3 nitrogen and oxygen atoms in total. The maximum atomic E-state index is 11.9. The van der Waals surface area contributed by atoms with E-state index in [-0.39, 0.29) is 11.9 Å². The third-order valence-electron chi connectivity index (χ3n) is 2.77. The summed E-state index contributed by atoms with van der Waals surface area (Å²) in [6.45, 7) is 8.71. The highest BCUT2D eigenvalue weighted by Crippen LogP contribution is 2.13. The maximum Gasteiger partial charge on any atom is 0.251 e. The molecule has 0 fully saturated rings. The minimum absolute atomic E-state index is 0.0484. The van der Waals surface area contributed by atoms with Crippen molar-refractivity contribution in [3.05, 3.63) is 29.8 Å². The van der Waals surface area contributed by atoms with E-state index in [4.69, 9.17) is 4.74 Å². The predicted octanol–water partition coefficient (Wildman–Crippen LogP) is 2.86. The summed E-state index contributed by atoms with van der Waals surface area (Å²) in [4.78, 5) is 11.9. The van der Waals surface area contributed by atoms with Crippen LogP contribution in [0, 0.1) is 5.92 Å². The first-order valence-electron chi connectivity index (χ1n) is 6.08. The molecule has 0 saturated heterocycles. The van der Waals surface area contributed by atoms with Gasteiger partial charge in [-0.2, -0.15) is 0 Å². The minimum atomic E-state index is -0.0484. The van der Waals surface area contributed by atoms with Crippen LogP contribution in [0.4, 0.5) is 0 Å². The first-order valence-corrected chi connectivity index (χ1v) is 6.08. The van der Waals surface area contributed by atoms with E-state index in [1.807, 2.05) is 26.0 Å². The van der Waals surface area contributed by atoms with Gasteiger partial charge >= 0.3 is 0 Å². The normalized spacial score (nSPS) is 12.3. The molecule has 1 atom stereocenters. The number of hydrogen-bond donors (Lipinski definition) is 1. The second kappa shape index (κ2) is 6.28. The van der Waals surface area contributed by atoms with Crippen LogP contribution in [0.2, 0.25) is 0 Å². The zero-order valence-electron chi connectivity index (χ0n) is 11.0. The van der Waals surface area contributed by atoms with Crippen LogP contribution in [-0.2, 0) is 0 Å². The molecule has 0 saturated carbocycles. The lowest BCUT2D eigenvalue weighted by molar-refractivity contribution is 0.0930. The van der Waals surface area contributed by atoms with Gasteiger partial charge in [0.15, 0.2) is 0 Å². The summed E-state index contributed by atoms with van der Waals surface area (Å²) in [6, 6.07) is 7.42. The van der Waals surface area contributed by atoms with E-state index in [1.165, 1.54) is 0 Å². The Balaban J connectivity index is 2.71. The van der Waals surface area contributed by atoms with Gasteiger partial charge in [-0.1, -0.05) is 19.9 Å². The first-order chi connectivity index (χ1) is 8.04. The van der Waals surface area contributed by atoms with E-state index in [0.29, 0.717) is 18.1 Å². The van der Waals surface area contributed by atoms with Crippen LogP contribution in [0.5, 0.6) is 5.75 Å². The van der Waals surface area contributed by atoms with Crippen LogP contribution >= 0.6 is 0 Å². The highest BCUT2D eigenvalue weighted by atomic mass is 16.5. The minimum Gasteiger partial charge on any atom is -0.494 e. The number of carbonyl (C=O) groups is 1. The third-order valence-corrected chi connectivity index (χ3v) is 2.77. The molecule has 94 valence electrons. The van der Waals surface area contributed by atoms with Gasteiger partial charge in [0.2, 0.25) is 0 Å². The van der Waals surface area contributed by atoms with Gasteiger partial charge in [-0.15, -0.1) is 0 Å². The molecule has 0 radical (unpaired) electrons. The second-order valence-electron chi connectivity index (χ2n) is 4.47. The molecule has 17 heavy (non-hydrogen) atoms. The fourth-order valence-electron chi connectivity index (χ4n) is 1.35. The van der Waals surface area contributed by atoms with Crippen LogP contribution in [0.15, 0.2) is 24.3 Å². The van der Waals surface area contributed by atoms with E-state index < -0.39 is 0 Å². The SMILES string of the molecule is CCOc1cccc(C(=O)NC(C)C(C)C)c1. The Hall–Kier alpha value is -1.51. The van der Waals surface area contributed by atoms with Crippen molar-refractivity contribution in [1.29, 1.82) is 0 Å². The molecular weight excluding hydrogens is 214 g/mol. The zero-order chi connectivity index (χ0) is 12.8. The average molecular weight is 235 g/mol. The lowest BCUT2D eigenvalue weighted by Crippen LogP contribution is -2.36. The fraction of sp³-hybridized carbons (Fsp3) is 0.500. The molecule has 1 amide bonds. The summed E-state index contributed by atoms with van der Waals surface area (Å²) in [5.74, 6) is 1.11. The smallest absolute Gasteiger partial charge is 0.251 e. The van der Waals surface area contributed by atoms with Crippen molar-refractivity contribution in [2.75, 3.05) is 6.61 Å². The summed E-state index contributed by atoms with van der Waals surface area (Å²) in [5.41, 5.74) is 0.642. The molecule has 1 N–H and O–H groups in total. The molecule has 0 heterocycles. The van der Waals surface area contributed by atoms with Crippen molar-refractivity contribution >= 4 is 5.91 Å². The second-order valence-corrected chi connectivity index (χ2v) is 4.47. The Bertz CT molecular complexity index is 374. The van der Waals surface area contributed by atoms with Gasteiger partial charge in [0.1, 0.15) is 5.75 Å². The number of rotatable bonds is 5. The summed E-state index contributed by atoms with van der Waals surface area (Å²) in [5, 5.41) is 2.97. The number of amides is 1. The monoisotopic (exact) mass is 235 g/mol. The van der Waals surface area contributed by atoms with Crippen LogP contribution in [0.1, 0.15) is 38.1 Å². The molecule has 1 unspecified atom stereocenters. The van der Waals surface area contributed by atoms with Gasteiger partial charge < -0.3 is 10.1 Å². The highest BCUT2D eigenvalue weighted by Gasteiger charge is 2.12. The van der Waals surface area contributed by atoms with E-state index in [9.17, 15) is 4.79 Å². The van der Waals surface area contributed by atoms with E-state index >= 15 is 0 Å². The maximum absolute atomic E-state index is 11.9. The molecule has 0 aliphatic rings. The van der Waals surface area contributed by atoms with Crippen molar-refractivity contribution in [3.8, 4) is 5.75 Å². The predicted molar refractivity (Wildman–Crippen MR) is 69.4 cm³/mol. The topological polar surface area (TPSA) is 38.3 Å². The Labute approximate surface area is 103 Å². The van der Waals surface area contributed by atoms with Crippen molar-refractivity contribution in [2.45, 2.75) is 33.7 Å². The molecule has 3 heteroatoms. The number of carbonyl (C=O) groups excluding carboxylic acids is 1. The number of nitrogens with one attached hydrogen (secondary N) is 1. The summed E-state index contributed by atoms with van der Waals surface area (Å²) >= 11 is 0. The summed E-state index contributed by atoms with van der Waals surface area (Å²) in [6.07, 6.45) is 0. The molecule has 1 aromatic rings. The number of hydrogen-bond acceptors (Lipinski definition) is 2. The van der Waals surface area contributed by atoms with E-state index in [0.717, 1.165) is 5.75 Å². The molecule has 1 aromatic carbocycles. The van der Waals surface area contributed by atoms with E-state index in [2.05, 4.69) is 19.2 Å². The van der Waals surface area contributed by atoms with Gasteiger partial charge in [0.05, 0.1) is 6.61 Å². The first kappa shape index (κ1) is 13.6. The largest absolute Gasteiger partial charge is 0.494 e. The molecule has 0 bridgehead atoms. The van der Waals surface area contributed by atoms with Gasteiger partial charge in [0, 0.05) is 11.6 Å². The van der Waals surface area contributed by atoms with Gasteiger partial charge in [0.25, 0.3) is 5.91 Å². The summed E-state index contributed by atoms with van der Waals surface area (Å²) < 4.78 is 5.37. The Morgan fingerprint density at radius 1 is 1.35 bits per heavy atom. The van der Waals surface area contributed by atoms with Crippen LogP contribution in [-0.4, -0.2) is 18.6 Å². The Morgan fingerprint density at radius 2 is 2.06 bits per heavy atom.